The fourth-order valence-electron chi connectivity index (χ4n) is 2.90. The third kappa shape index (κ3) is 0.943. The average molecular weight is 204 g/mol. The molecule has 0 bridgehead atoms. The molecule has 2 aliphatic rings. The van der Waals surface area contributed by atoms with Gasteiger partial charge in [-0.05, 0) is 45.9 Å². The Kier molecular flexibility index (Phi) is 1.49. The van der Waals surface area contributed by atoms with Crippen molar-refractivity contribution in [2.75, 3.05) is 0 Å². The van der Waals surface area contributed by atoms with Crippen molar-refractivity contribution >= 4 is 22.9 Å². The van der Waals surface area contributed by atoms with Gasteiger partial charge in [0.25, 0.3) is 0 Å². The molecule has 4 rings (SSSR count). The van der Waals surface area contributed by atoms with Gasteiger partial charge < -0.3 is 0 Å². The van der Waals surface area contributed by atoms with Gasteiger partial charge in [-0.1, -0.05) is 48.6 Å². The maximum Gasteiger partial charge on any atom is -0.00333 e. The van der Waals surface area contributed by atoms with Crippen LogP contribution in [0, 0.1) is 0 Å². The molecular weight excluding hydrogens is 192 g/mol. The molecule has 2 aliphatic carbocycles. The van der Waals surface area contributed by atoms with Crippen molar-refractivity contribution in [3.63, 3.8) is 0 Å². The molecular formula is C16H12. The van der Waals surface area contributed by atoms with Crippen molar-refractivity contribution in [2.45, 2.75) is 12.8 Å². The molecule has 0 saturated carbocycles. The molecule has 2 aromatic rings. The van der Waals surface area contributed by atoms with Crippen molar-refractivity contribution in [1.82, 2.24) is 0 Å². The SMILES string of the molecule is C1=Cc2c(ccc3ccc4c(c23)C=CC4)C1. The van der Waals surface area contributed by atoms with Gasteiger partial charge in [0.2, 0.25) is 0 Å². The molecule has 0 heteroatoms. The van der Waals surface area contributed by atoms with Gasteiger partial charge in [0.15, 0.2) is 0 Å². The van der Waals surface area contributed by atoms with Crippen molar-refractivity contribution in [1.29, 1.82) is 0 Å². The van der Waals surface area contributed by atoms with Crippen molar-refractivity contribution < 1.29 is 0 Å². The van der Waals surface area contributed by atoms with Crippen LogP contribution in [0.5, 0.6) is 0 Å². The minimum Gasteiger partial charge on any atom is -0.0795 e. The van der Waals surface area contributed by atoms with Gasteiger partial charge in [-0.25, -0.2) is 0 Å². The largest absolute Gasteiger partial charge is 0.0795 e. The number of hydrogen-bond donors (Lipinski definition) is 0. The standard InChI is InChI=1S/C16H12/c1-3-11-7-9-13-10-8-12-4-2-6-15(12)16(13)14(11)5-1/h1-2,5-10H,3-4H2. The zero-order chi connectivity index (χ0) is 10.5. The molecule has 0 radical (unpaired) electrons. The molecule has 76 valence electrons. The first-order valence-electron chi connectivity index (χ1n) is 5.84. The maximum absolute atomic E-state index is 2.28. The zero-order valence-electron chi connectivity index (χ0n) is 9.03. The van der Waals surface area contributed by atoms with E-state index in [2.05, 4.69) is 48.6 Å². The maximum atomic E-state index is 2.28. The van der Waals surface area contributed by atoms with E-state index in [1.807, 2.05) is 0 Å². The summed E-state index contributed by atoms with van der Waals surface area (Å²) in [5, 5.41) is 2.83. The molecule has 0 spiro atoms. The predicted molar refractivity (Wildman–Crippen MR) is 69.4 cm³/mol. The molecule has 0 N–H and O–H groups in total. The number of hydrogen-bond acceptors (Lipinski definition) is 0. The summed E-state index contributed by atoms with van der Waals surface area (Å²) in [4.78, 5) is 0. The summed E-state index contributed by atoms with van der Waals surface area (Å²) in [5.41, 5.74) is 5.84. The molecule has 0 aromatic heterocycles. The summed E-state index contributed by atoms with van der Waals surface area (Å²) in [6.07, 6.45) is 11.3. The Hall–Kier alpha value is -1.82. The lowest BCUT2D eigenvalue weighted by molar-refractivity contribution is 1.31. The third-order valence-electron chi connectivity index (χ3n) is 3.69. The average Bonchev–Trinajstić information content (AvgIpc) is 2.96. The van der Waals surface area contributed by atoms with Gasteiger partial charge >= 0.3 is 0 Å². The molecule has 0 fully saturated rings. The van der Waals surface area contributed by atoms with Crippen LogP contribution in [-0.4, -0.2) is 0 Å². The lowest BCUT2D eigenvalue weighted by Gasteiger charge is -2.09. The monoisotopic (exact) mass is 204 g/mol. The summed E-state index contributed by atoms with van der Waals surface area (Å²) in [6.45, 7) is 0. The van der Waals surface area contributed by atoms with E-state index in [0.29, 0.717) is 0 Å². The van der Waals surface area contributed by atoms with Gasteiger partial charge in [0, 0.05) is 0 Å². The van der Waals surface area contributed by atoms with Gasteiger partial charge in [0.1, 0.15) is 0 Å². The van der Waals surface area contributed by atoms with Crippen molar-refractivity contribution in [2.24, 2.45) is 0 Å². The highest BCUT2D eigenvalue weighted by Gasteiger charge is 2.15. The quantitative estimate of drug-likeness (QED) is 0.609. The van der Waals surface area contributed by atoms with Crippen LogP contribution in [0.2, 0.25) is 0 Å². The predicted octanol–water partition coefficient (Wildman–Crippen LogP) is 3.98. The second-order valence-electron chi connectivity index (χ2n) is 4.59. The Morgan fingerprint density at radius 1 is 0.688 bits per heavy atom. The van der Waals surface area contributed by atoms with Crippen molar-refractivity contribution in [3.05, 3.63) is 58.7 Å². The smallest absolute Gasteiger partial charge is 0.00333 e. The molecule has 0 saturated heterocycles. The Balaban J connectivity index is 2.24. The number of fused-ring (bicyclic) bond motifs is 5. The van der Waals surface area contributed by atoms with Gasteiger partial charge in [0.05, 0.1) is 0 Å². The van der Waals surface area contributed by atoms with E-state index in [1.54, 1.807) is 0 Å². The third-order valence-corrected chi connectivity index (χ3v) is 3.69. The van der Waals surface area contributed by atoms with Crippen LogP contribution in [-0.2, 0) is 12.8 Å². The number of benzene rings is 2. The summed E-state index contributed by atoms with van der Waals surface area (Å²) < 4.78 is 0. The fraction of sp³-hybridized carbons (Fsp3) is 0.125. The molecule has 0 heterocycles. The Morgan fingerprint density at radius 2 is 1.25 bits per heavy atom. The van der Waals surface area contributed by atoms with E-state index < -0.39 is 0 Å². The highest BCUT2D eigenvalue weighted by Crippen LogP contribution is 2.35. The highest BCUT2D eigenvalue weighted by atomic mass is 14.2. The number of allylic oxidation sites excluding steroid dienone is 2. The Morgan fingerprint density at radius 3 is 1.81 bits per heavy atom. The van der Waals surface area contributed by atoms with Gasteiger partial charge in [-0.2, -0.15) is 0 Å². The molecule has 0 unspecified atom stereocenters. The molecule has 0 amide bonds. The summed E-state index contributed by atoms with van der Waals surface area (Å²) in [7, 11) is 0. The summed E-state index contributed by atoms with van der Waals surface area (Å²) in [6, 6.07) is 9.05. The minimum atomic E-state index is 1.10. The van der Waals surface area contributed by atoms with Gasteiger partial charge in [-0.15, -0.1) is 0 Å². The first-order valence-corrected chi connectivity index (χ1v) is 5.84. The fourth-order valence-corrected chi connectivity index (χ4v) is 2.90. The van der Waals surface area contributed by atoms with E-state index >= 15 is 0 Å². The van der Waals surface area contributed by atoms with Crippen LogP contribution in [0.4, 0.5) is 0 Å². The van der Waals surface area contributed by atoms with Crippen molar-refractivity contribution in [3.8, 4) is 0 Å². The first-order chi connectivity index (χ1) is 7.93. The molecule has 0 nitrogen and oxygen atoms in total. The minimum absolute atomic E-state index is 1.10. The summed E-state index contributed by atoms with van der Waals surface area (Å²) >= 11 is 0. The van der Waals surface area contributed by atoms with E-state index in [4.69, 9.17) is 0 Å². The highest BCUT2D eigenvalue weighted by molar-refractivity contribution is 6.00. The topological polar surface area (TPSA) is 0 Å². The molecule has 0 atom stereocenters. The number of rotatable bonds is 0. The van der Waals surface area contributed by atoms with Crippen LogP contribution < -0.4 is 0 Å². The van der Waals surface area contributed by atoms with E-state index in [1.165, 1.54) is 33.0 Å². The van der Waals surface area contributed by atoms with E-state index in [0.717, 1.165) is 12.8 Å². The van der Waals surface area contributed by atoms with E-state index in [9.17, 15) is 0 Å². The van der Waals surface area contributed by atoms with Crippen LogP contribution in [0.1, 0.15) is 22.3 Å². The molecule has 2 aromatic carbocycles. The molecule has 16 heavy (non-hydrogen) atoms. The van der Waals surface area contributed by atoms with Crippen LogP contribution in [0.15, 0.2) is 36.4 Å². The Bertz CT molecular complexity index is 603. The van der Waals surface area contributed by atoms with E-state index in [-0.39, 0.29) is 0 Å². The lowest BCUT2D eigenvalue weighted by atomic mass is 9.94. The zero-order valence-corrected chi connectivity index (χ0v) is 9.03. The lowest BCUT2D eigenvalue weighted by Crippen LogP contribution is -1.89. The first kappa shape index (κ1) is 8.35. The second kappa shape index (κ2) is 2.85. The van der Waals surface area contributed by atoms with Gasteiger partial charge in [-0.3, -0.25) is 0 Å². The van der Waals surface area contributed by atoms with Crippen LogP contribution in [0.25, 0.3) is 22.9 Å². The van der Waals surface area contributed by atoms with Crippen LogP contribution in [0.3, 0.4) is 0 Å². The van der Waals surface area contributed by atoms with Crippen LogP contribution >= 0.6 is 0 Å². The second-order valence-corrected chi connectivity index (χ2v) is 4.59. The summed E-state index contributed by atoms with van der Waals surface area (Å²) in [5.74, 6) is 0. The Labute approximate surface area is 94.9 Å². The normalized spacial score (nSPS) is 15.8. The molecule has 0 aliphatic heterocycles.